The highest BCUT2D eigenvalue weighted by Gasteiger charge is 2.37. The summed E-state index contributed by atoms with van der Waals surface area (Å²) in [4.78, 5) is 11.3. The van der Waals surface area contributed by atoms with Crippen LogP contribution < -0.4 is 10.0 Å². The molecule has 9 heteroatoms. The van der Waals surface area contributed by atoms with E-state index in [2.05, 4.69) is 5.32 Å². The molecule has 0 aliphatic carbocycles. The SMILES string of the molecule is CCc1ccc(NC(=O)[C@H](C)NS(=O)(=O)c2ccccc2C(F)(F)F)cc1. The minimum Gasteiger partial charge on any atom is -0.325 e. The van der Waals surface area contributed by atoms with Gasteiger partial charge in [0.05, 0.1) is 16.5 Å². The van der Waals surface area contributed by atoms with Gasteiger partial charge in [-0.3, -0.25) is 4.79 Å². The Morgan fingerprint density at radius 2 is 1.67 bits per heavy atom. The number of carbonyl (C=O) groups is 1. The van der Waals surface area contributed by atoms with Gasteiger partial charge in [0.15, 0.2) is 0 Å². The molecule has 0 unspecified atom stereocenters. The van der Waals surface area contributed by atoms with Crippen LogP contribution in [0.25, 0.3) is 0 Å². The van der Waals surface area contributed by atoms with Crippen LogP contribution in [0.3, 0.4) is 0 Å². The fourth-order valence-corrected chi connectivity index (χ4v) is 3.79. The number of nitrogens with one attached hydrogen (secondary N) is 2. The predicted molar refractivity (Wildman–Crippen MR) is 95.7 cm³/mol. The Bertz CT molecular complexity index is 910. The molecular formula is C18H19F3N2O3S. The van der Waals surface area contributed by atoms with Crippen molar-refractivity contribution in [2.45, 2.75) is 37.4 Å². The molecule has 2 aromatic rings. The maximum Gasteiger partial charge on any atom is 0.417 e. The minimum absolute atomic E-state index is 0.457. The fourth-order valence-electron chi connectivity index (χ4n) is 2.36. The predicted octanol–water partition coefficient (Wildman–Crippen LogP) is 3.57. The highest BCUT2D eigenvalue weighted by molar-refractivity contribution is 7.89. The molecule has 0 aliphatic heterocycles. The zero-order valence-electron chi connectivity index (χ0n) is 14.7. The van der Waals surface area contributed by atoms with Crippen molar-refractivity contribution in [3.8, 4) is 0 Å². The third-order valence-electron chi connectivity index (χ3n) is 3.84. The van der Waals surface area contributed by atoms with Crippen molar-refractivity contribution < 1.29 is 26.4 Å². The van der Waals surface area contributed by atoms with Gasteiger partial charge in [0.2, 0.25) is 15.9 Å². The van der Waals surface area contributed by atoms with Crippen LogP contribution in [0.15, 0.2) is 53.4 Å². The number of sulfonamides is 1. The Balaban J connectivity index is 2.16. The van der Waals surface area contributed by atoms with Gasteiger partial charge in [0, 0.05) is 5.69 Å². The van der Waals surface area contributed by atoms with E-state index in [0.29, 0.717) is 11.8 Å². The second-order valence-electron chi connectivity index (χ2n) is 5.88. The van der Waals surface area contributed by atoms with Gasteiger partial charge in [0.25, 0.3) is 0 Å². The zero-order valence-corrected chi connectivity index (χ0v) is 15.5. The first-order valence-corrected chi connectivity index (χ1v) is 9.61. The average molecular weight is 400 g/mol. The summed E-state index contributed by atoms with van der Waals surface area (Å²) in [7, 11) is -4.55. The van der Waals surface area contributed by atoms with Gasteiger partial charge >= 0.3 is 6.18 Å². The maximum atomic E-state index is 13.1. The molecule has 0 saturated heterocycles. The summed E-state index contributed by atoms with van der Waals surface area (Å²) in [6.07, 6.45) is -4.01. The molecule has 0 aromatic heterocycles. The quantitative estimate of drug-likeness (QED) is 0.778. The van der Waals surface area contributed by atoms with Crippen LogP contribution in [-0.4, -0.2) is 20.4 Å². The number of halogens is 3. The number of carbonyl (C=O) groups excluding carboxylic acids is 1. The van der Waals surface area contributed by atoms with Crippen molar-refractivity contribution >= 4 is 21.6 Å². The minimum atomic E-state index is -4.84. The molecule has 0 radical (unpaired) electrons. The van der Waals surface area contributed by atoms with Crippen molar-refractivity contribution in [2.24, 2.45) is 0 Å². The summed E-state index contributed by atoms with van der Waals surface area (Å²) in [5.41, 5.74) is 0.227. The summed E-state index contributed by atoms with van der Waals surface area (Å²) in [5, 5.41) is 2.52. The second kappa shape index (κ2) is 8.10. The number of hydrogen-bond donors (Lipinski definition) is 2. The van der Waals surface area contributed by atoms with Crippen LogP contribution in [0.1, 0.15) is 25.0 Å². The first kappa shape index (κ1) is 20.9. The zero-order chi connectivity index (χ0) is 20.2. The van der Waals surface area contributed by atoms with Crippen LogP contribution >= 0.6 is 0 Å². The molecule has 27 heavy (non-hydrogen) atoms. The highest BCUT2D eigenvalue weighted by atomic mass is 32.2. The Hall–Kier alpha value is -2.39. The molecule has 2 aromatic carbocycles. The molecule has 2 N–H and O–H groups in total. The molecule has 0 aliphatic rings. The lowest BCUT2D eigenvalue weighted by atomic mass is 10.1. The summed E-state index contributed by atoms with van der Waals surface area (Å²) in [5.74, 6) is -0.688. The largest absolute Gasteiger partial charge is 0.417 e. The number of amides is 1. The van der Waals surface area contributed by atoms with Crippen molar-refractivity contribution in [3.05, 3.63) is 59.7 Å². The lowest BCUT2D eigenvalue weighted by molar-refractivity contribution is -0.139. The maximum absolute atomic E-state index is 13.1. The Morgan fingerprint density at radius 1 is 1.07 bits per heavy atom. The molecule has 0 spiro atoms. The van der Waals surface area contributed by atoms with Crippen LogP contribution in [0, 0.1) is 0 Å². The molecule has 146 valence electrons. The molecule has 1 atom stereocenters. The van der Waals surface area contributed by atoms with E-state index in [9.17, 15) is 26.4 Å². The van der Waals surface area contributed by atoms with Crippen molar-refractivity contribution in [2.75, 3.05) is 5.32 Å². The summed E-state index contributed by atoms with van der Waals surface area (Å²) in [6.45, 7) is 3.23. The van der Waals surface area contributed by atoms with E-state index in [4.69, 9.17) is 0 Å². The standard InChI is InChI=1S/C18H19F3N2O3S/c1-3-13-8-10-14(11-9-13)22-17(24)12(2)23-27(25,26)16-7-5-4-6-15(16)18(19,20)21/h4-12,23H,3H2,1-2H3,(H,22,24)/t12-/m0/s1. The van der Waals surface area contributed by atoms with E-state index >= 15 is 0 Å². The second-order valence-corrected chi connectivity index (χ2v) is 7.56. The molecule has 1 amide bonds. The normalized spacial score (nSPS) is 13.2. The third kappa shape index (κ3) is 5.30. The van der Waals surface area contributed by atoms with Gasteiger partial charge < -0.3 is 5.32 Å². The van der Waals surface area contributed by atoms with Crippen LogP contribution in [0.5, 0.6) is 0 Å². The topological polar surface area (TPSA) is 75.3 Å². The molecular weight excluding hydrogens is 381 g/mol. The number of aryl methyl sites for hydroxylation is 1. The lowest BCUT2D eigenvalue weighted by Gasteiger charge is -2.17. The number of rotatable bonds is 6. The lowest BCUT2D eigenvalue weighted by Crippen LogP contribution is -2.42. The van der Waals surface area contributed by atoms with E-state index in [-0.39, 0.29) is 0 Å². The van der Waals surface area contributed by atoms with Crippen molar-refractivity contribution in [3.63, 3.8) is 0 Å². The highest BCUT2D eigenvalue weighted by Crippen LogP contribution is 2.33. The molecule has 0 bridgehead atoms. The fraction of sp³-hybridized carbons (Fsp3) is 0.278. The smallest absolute Gasteiger partial charge is 0.325 e. The Labute approximate surface area is 155 Å². The molecule has 0 heterocycles. The van der Waals surface area contributed by atoms with Crippen molar-refractivity contribution in [1.82, 2.24) is 4.72 Å². The summed E-state index contributed by atoms with van der Waals surface area (Å²) in [6, 6.07) is 9.47. The van der Waals surface area contributed by atoms with Gasteiger partial charge in [-0.25, -0.2) is 8.42 Å². The third-order valence-corrected chi connectivity index (χ3v) is 5.44. The van der Waals surface area contributed by atoms with Gasteiger partial charge in [0.1, 0.15) is 0 Å². The van der Waals surface area contributed by atoms with Crippen LogP contribution in [0.2, 0.25) is 0 Å². The molecule has 2 rings (SSSR count). The Kier molecular flexibility index (Phi) is 6.27. The van der Waals surface area contributed by atoms with E-state index in [0.717, 1.165) is 24.1 Å². The number of benzene rings is 2. The van der Waals surface area contributed by atoms with Gasteiger partial charge in [-0.1, -0.05) is 31.2 Å². The monoisotopic (exact) mass is 400 g/mol. The van der Waals surface area contributed by atoms with E-state index in [1.54, 1.807) is 12.1 Å². The molecule has 5 nitrogen and oxygen atoms in total. The first-order chi connectivity index (χ1) is 12.5. The van der Waals surface area contributed by atoms with Crippen LogP contribution in [0.4, 0.5) is 18.9 Å². The molecule has 0 fully saturated rings. The number of anilines is 1. The van der Waals surface area contributed by atoms with Gasteiger partial charge in [-0.2, -0.15) is 17.9 Å². The number of hydrogen-bond acceptors (Lipinski definition) is 3. The van der Waals surface area contributed by atoms with Crippen LogP contribution in [-0.2, 0) is 27.4 Å². The summed E-state index contributed by atoms with van der Waals surface area (Å²) >= 11 is 0. The number of alkyl halides is 3. The van der Waals surface area contributed by atoms with E-state index < -0.39 is 38.6 Å². The van der Waals surface area contributed by atoms with Gasteiger partial charge in [-0.15, -0.1) is 0 Å². The van der Waals surface area contributed by atoms with Gasteiger partial charge in [-0.05, 0) is 43.2 Å². The van der Waals surface area contributed by atoms with E-state index in [1.165, 1.54) is 13.0 Å². The summed E-state index contributed by atoms with van der Waals surface area (Å²) < 4.78 is 65.9. The average Bonchev–Trinajstić information content (AvgIpc) is 2.61. The molecule has 0 saturated carbocycles. The Morgan fingerprint density at radius 3 is 2.22 bits per heavy atom. The first-order valence-electron chi connectivity index (χ1n) is 8.13. The van der Waals surface area contributed by atoms with E-state index in [1.807, 2.05) is 23.8 Å². The van der Waals surface area contributed by atoms with Crippen molar-refractivity contribution in [1.29, 1.82) is 0 Å².